The number of amides is 1. The predicted molar refractivity (Wildman–Crippen MR) is 60.7 cm³/mol. The molecular formula is C11H16N2O2. The van der Waals surface area contributed by atoms with Crippen LogP contribution in [0.2, 0.25) is 0 Å². The normalized spacial score (nSPS) is 11.9. The Labute approximate surface area is 89.4 Å². The Morgan fingerprint density at radius 1 is 1.47 bits per heavy atom. The molecule has 0 radical (unpaired) electrons. The van der Waals surface area contributed by atoms with Crippen LogP contribution < -0.4 is 11.1 Å². The quantitative estimate of drug-likeness (QED) is 0.750. The molecule has 0 aliphatic heterocycles. The second-order valence-corrected chi connectivity index (χ2v) is 3.37. The number of ether oxygens (including phenoxy) is 1. The van der Waals surface area contributed by atoms with Gasteiger partial charge in [0.2, 0.25) is 0 Å². The van der Waals surface area contributed by atoms with Crippen molar-refractivity contribution in [2.75, 3.05) is 11.1 Å². The molecule has 4 nitrogen and oxygen atoms in total. The number of anilines is 2. The van der Waals surface area contributed by atoms with E-state index in [1.165, 1.54) is 0 Å². The van der Waals surface area contributed by atoms with Gasteiger partial charge in [0.25, 0.3) is 0 Å². The maximum absolute atomic E-state index is 11.3. The molecule has 0 spiro atoms. The average molecular weight is 208 g/mol. The summed E-state index contributed by atoms with van der Waals surface area (Å²) in [6.07, 6.45) is 0.294. The third-order valence-corrected chi connectivity index (χ3v) is 2.04. The molecule has 0 bridgehead atoms. The Hall–Kier alpha value is -1.71. The number of carbonyl (C=O) groups is 1. The zero-order valence-corrected chi connectivity index (χ0v) is 8.99. The van der Waals surface area contributed by atoms with Gasteiger partial charge in [0, 0.05) is 11.4 Å². The zero-order chi connectivity index (χ0) is 11.3. The van der Waals surface area contributed by atoms with Crippen molar-refractivity contribution < 1.29 is 9.53 Å². The molecule has 0 aliphatic rings. The lowest BCUT2D eigenvalue weighted by atomic mass is 10.3. The summed E-state index contributed by atoms with van der Waals surface area (Å²) in [5.41, 5.74) is 6.86. The number of hydrogen-bond donors (Lipinski definition) is 2. The maximum Gasteiger partial charge on any atom is 0.411 e. The third kappa shape index (κ3) is 3.89. The highest BCUT2D eigenvalue weighted by Gasteiger charge is 2.06. The van der Waals surface area contributed by atoms with E-state index in [1.807, 2.05) is 13.8 Å². The summed E-state index contributed by atoms with van der Waals surface area (Å²) in [7, 11) is 0. The maximum atomic E-state index is 11.3. The van der Waals surface area contributed by atoms with E-state index in [0.29, 0.717) is 11.4 Å². The largest absolute Gasteiger partial charge is 0.446 e. The summed E-state index contributed by atoms with van der Waals surface area (Å²) < 4.78 is 5.05. The predicted octanol–water partition coefficient (Wildman–Crippen LogP) is 2.62. The van der Waals surface area contributed by atoms with Crippen molar-refractivity contribution in [3.05, 3.63) is 24.3 Å². The number of carbonyl (C=O) groups excluding carboxylic acids is 1. The fourth-order valence-electron chi connectivity index (χ4n) is 0.980. The molecule has 0 aromatic heterocycles. The van der Waals surface area contributed by atoms with Crippen LogP contribution in [0.25, 0.3) is 0 Å². The minimum atomic E-state index is -0.436. The first-order valence-corrected chi connectivity index (χ1v) is 4.95. The van der Waals surface area contributed by atoms with Crippen LogP contribution in [-0.2, 0) is 4.74 Å². The summed E-state index contributed by atoms with van der Waals surface area (Å²) in [6, 6.07) is 6.90. The standard InChI is InChI=1S/C11H16N2O2/c1-3-8(2)15-11(14)13-10-6-4-9(12)5-7-10/h4-8H,3,12H2,1-2H3,(H,13,14)/t8-/m0/s1. The fraction of sp³-hybridized carbons (Fsp3) is 0.364. The summed E-state index contributed by atoms with van der Waals surface area (Å²) in [6.45, 7) is 3.81. The van der Waals surface area contributed by atoms with E-state index in [0.717, 1.165) is 6.42 Å². The first-order chi connectivity index (χ1) is 7.11. The van der Waals surface area contributed by atoms with E-state index in [9.17, 15) is 4.79 Å². The van der Waals surface area contributed by atoms with Crippen LogP contribution in [0.5, 0.6) is 0 Å². The second-order valence-electron chi connectivity index (χ2n) is 3.37. The monoisotopic (exact) mass is 208 g/mol. The van der Waals surface area contributed by atoms with E-state index < -0.39 is 6.09 Å². The smallest absolute Gasteiger partial charge is 0.411 e. The van der Waals surface area contributed by atoms with Crippen LogP contribution in [0.4, 0.5) is 16.2 Å². The first-order valence-electron chi connectivity index (χ1n) is 4.95. The molecular weight excluding hydrogens is 192 g/mol. The van der Waals surface area contributed by atoms with Gasteiger partial charge in [0.15, 0.2) is 0 Å². The van der Waals surface area contributed by atoms with Crippen molar-refractivity contribution in [3.8, 4) is 0 Å². The van der Waals surface area contributed by atoms with Crippen molar-refractivity contribution in [3.63, 3.8) is 0 Å². The summed E-state index contributed by atoms with van der Waals surface area (Å²) in [5.74, 6) is 0. The number of benzene rings is 1. The van der Waals surface area contributed by atoms with Crippen molar-refractivity contribution >= 4 is 17.5 Å². The average Bonchev–Trinajstić information content (AvgIpc) is 2.21. The third-order valence-electron chi connectivity index (χ3n) is 2.04. The highest BCUT2D eigenvalue weighted by Crippen LogP contribution is 2.11. The van der Waals surface area contributed by atoms with Crippen LogP contribution in [-0.4, -0.2) is 12.2 Å². The van der Waals surface area contributed by atoms with E-state index in [1.54, 1.807) is 24.3 Å². The van der Waals surface area contributed by atoms with Crippen molar-refractivity contribution in [1.29, 1.82) is 0 Å². The molecule has 1 rings (SSSR count). The minimum absolute atomic E-state index is 0.0706. The number of nitrogens with one attached hydrogen (secondary N) is 1. The molecule has 3 N–H and O–H groups in total. The van der Waals surface area contributed by atoms with Crippen molar-refractivity contribution in [2.24, 2.45) is 0 Å². The zero-order valence-electron chi connectivity index (χ0n) is 8.99. The van der Waals surface area contributed by atoms with Gasteiger partial charge in [-0.15, -0.1) is 0 Å². The molecule has 15 heavy (non-hydrogen) atoms. The highest BCUT2D eigenvalue weighted by atomic mass is 16.6. The fourth-order valence-corrected chi connectivity index (χ4v) is 0.980. The van der Waals surface area contributed by atoms with Crippen molar-refractivity contribution in [2.45, 2.75) is 26.4 Å². The molecule has 0 unspecified atom stereocenters. The Bertz CT molecular complexity index is 322. The summed E-state index contributed by atoms with van der Waals surface area (Å²) in [5, 5.41) is 2.62. The van der Waals surface area contributed by atoms with E-state index in [4.69, 9.17) is 10.5 Å². The van der Waals surface area contributed by atoms with Gasteiger partial charge in [-0.1, -0.05) is 6.92 Å². The Morgan fingerprint density at radius 2 is 2.07 bits per heavy atom. The van der Waals surface area contributed by atoms with Crippen LogP contribution >= 0.6 is 0 Å². The first kappa shape index (κ1) is 11.4. The van der Waals surface area contributed by atoms with Crippen LogP contribution in [0.3, 0.4) is 0 Å². The van der Waals surface area contributed by atoms with Gasteiger partial charge in [0.05, 0.1) is 0 Å². The van der Waals surface area contributed by atoms with E-state index in [-0.39, 0.29) is 6.10 Å². The minimum Gasteiger partial charge on any atom is -0.446 e. The molecule has 4 heteroatoms. The van der Waals surface area contributed by atoms with Crippen LogP contribution in [0.15, 0.2) is 24.3 Å². The van der Waals surface area contributed by atoms with Gasteiger partial charge >= 0.3 is 6.09 Å². The van der Waals surface area contributed by atoms with Gasteiger partial charge in [0.1, 0.15) is 6.10 Å². The molecule has 1 aromatic carbocycles. The molecule has 0 saturated carbocycles. The molecule has 0 fully saturated rings. The molecule has 0 aliphatic carbocycles. The lowest BCUT2D eigenvalue weighted by Crippen LogP contribution is -2.19. The second kappa shape index (κ2) is 5.24. The lowest BCUT2D eigenvalue weighted by molar-refractivity contribution is 0.118. The van der Waals surface area contributed by atoms with Gasteiger partial charge in [-0.3, -0.25) is 5.32 Å². The van der Waals surface area contributed by atoms with E-state index >= 15 is 0 Å². The van der Waals surface area contributed by atoms with Crippen LogP contribution in [0, 0.1) is 0 Å². The van der Waals surface area contributed by atoms with Gasteiger partial charge in [-0.05, 0) is 37.6 Å². The summed E-state index contributed by atoms with van der Waals surface area (Å²) >= 11 is 0. The van der Waals surface area contributed by atoms with E-state index in [2.05, 4.69) is 5.32 Å². The number of nitrogens with two attached hydrogens (primary N) is 1. The lowest BCUT2D eigenvalue weighted by Gasteiger charge is -2.11. The molecule has 0 saturated heterocycles. The Kier molecular flexibility index (Phi) is 3.97. The SMILES string of the molecule is CC[C@H](C)OC(=O)Nc1ccc(N)cc1. The molecule has 1 aromatic rings. The molecule has 0 heterocycles. The molecule has 1 amide bonds. The number of nitrogen functional groups attached to an aromatic ring is 1. The summed E-state index contributed by atoms with van der Waals surface area (Å²) in [4.78, 5) is 11.3. The number of rotatable bonds is 3. The Balaban J connectivity index is 2.48. The molecule has 82 valence electrons. The van der Waals surface area contributed by atoms with Gasteiger partial charge in [-0.2, -0.15) is 0 Å². The Morgan fingerprint density at radius 3 is 2.60 bits per heavy atom. The number of hydrogen-bond acceptors (Lipinski definition) is 3. The van der Waals surface area contributed by atoms with Gasteiger partial charge in [-0.25, -0.2) is 4.79 Å². The van der Waals surface area contributed by atoms with Crippen LogP contribution in [0.1, 0.15) is 20.3 Å². The van der Waals surface area contributed by atoms with Gasteiger partial charge < -0.3 is 10.5 Å². The van der Waals surface area contributed by atoms with Crippen molar-refractivity contribution in [1.82, 2.24) is 0 Å². The topological polar surface area (TPSA) is 64.3 Å². The molecule has 1 atom stereocenters. The highest BCUT2D eigenvalue weighted by molar-refractivity contribution is 5.84.